The number of ether oxygens (including phenoxy) is 1. The second kappa shape index (κ2) is 11.9. The van der Waals surface area contributed by atoms with Crippen LogP contribution in [0.15, 0.2) is 53.4 Å². The fraction of sp³-hybridized carbons (Fsp3) is 0.409. The molecule has 11 heteroatoms. The molecule has 0 unspecified atom stereocenters. The zero-order valence-corrected chi connectivity index (χ0v) is 19.2. The maximum Gasteiger partial charge on any atom is 0.416 e. The number of benzene rings is 2. The Morgan fingerprint density at radius 3 is 2.42 bits per heavy atom. The minimum atomic E-state index is -4.68. The first kappa shape index (κ1) is 26.5. The van der Waals surface area contributed by atoms with Crippen molar-refractivity contribution < 1.29 is 35.3 Å². The number of urea groups is 1. The molecule has 33 heavy (non-hydrogen) atoms. The van der Waals surface area contributed by atoms with Crippen molar-refractivity contribution in [2.24, 2.45) is 0 Å². The fourth-order valence-electron chi connectivity index (χ4n) is 2.81. The minimum Gasteiger partial charge on any atom is -0.383 e. The predicted octanol–water partition coefficient (Wildman–Crippen LogP) is 4.43. The molecule has 0 bridgehead atoms. The molecular weight excluding hydrogens is 461 g/mol. The van der Waals surface area contributed by atoms with E-state index in [2.05, 4.69) is 5.32 Å². The third kappa shape index (κ3) is 8.25. The lowest BCUT2D eigenvalue weighted by Crippen LogP contribution is -2.41. The monoisotopic (exact) mass is 488 g/mol. The van der Waals surface area contributed by atoms with Crippen molar-refractivity contribution in [1.82, 2.24) is 10.2 Å². The highest BCUT2D eigenvalue weighted by Crippen LogP contribution is 2.31. The van der Waals surface area contributed by atoms with Gasteiger partial charge in [-0.3, -0.25) is 0 Å². The molecule has 2 amide bonds. The molecule has 0 saturated heterocycles. The van der Waals surface area contributed by atoms with Crippen LogP contribution in [0.25, 0.3) is 0 Å². The molecular formula is C22H27F3N2O5S. The van der Waals surface area contributed by atoms with Crippen LogP contribution in [0.5, 0.6) is 5.75 Å². The summed E-state index contributed by atoms with van der Waals surface area (Å²) in [7, 11) is -2.93. The number of methoxy groups -OCH3 is 1. The van der Waals surface area contributed by atoms with Gasteiger partial charge in [0.05, 0.1) is 12.2 Å². The molecule has 182 valence electrons. The van der Waals surface area contributed by atoms with Crippen molar-refractivity contribution in [2.45, 2.75) is 37.4 Å². The highest BCUT2D eigenvalue weighted by molar-refractivity contribution is 7.87. The first-order chi connectivity index (χ1) is 15.6. The van der Waals surface area contributed by atoms with Gasteiger partial charge >= 0.3 is 22.3 Å². The number of carbonyl (C=O) groups is 1. The van der Waals surface area contributed by atoms with Gasteiger partial charge in [-0.25, -0.2) is 4.79 Å². The lowest BCUT2D eigenvalue weighted by molar-refractivity contribution is -0.137. The lowest BCUT2D eigenvalue weighted by atomic mass is 10.2. The van der Waals surface area contributed by atoms with Crippen LogP contribution >= 0.6 is 0 Å². The van der Waals surface area contributed by atoms with Gasteiger partial charge in [-0.15, -0.1) is 0 Å². The molecule has 2 rings (SSSR count). The molecule has 0 aromatic heterocycles. The van der Waals surface area contributed by atoms with E-state index in [0.29, 0.717) is 31.3 Å². The Labute approximate surface area is 191 Å². The first-order valence-electron chi connectivity index (χ1n) is 10.3. The molecule has 0 fully saturated rings. The summed E-state index contributed by atoms with van der Waals surface area (Å²) in [4.78, 5) is 13.4. The van der Waals surface area contributed by atoms with Crippen LogP contribution in [0.3, 0.4) is 0 Å². The molecule has 7 nitrogen and oxygen atoms in total. The quantitative estimate of drug-likeness (QED) is 0.374. The molecule has 0 aliphatic carbocycles. The number of unbranched alkanes of at least 4 members (excludes halogenated alkanes) is 1. The highest BCUT2D eigenvalue weighted by Gasteiger charge is 2.32. The summed E-state index contributed by atoms with van der Waals surface area (Å²) in [6.45, 7) is 3.53. The highest BCUT2D eigenvalue weighted by atomic mass is 32.2. The molecule has 0 radical (unpaired) electrons. The van der Waals surface area contributed by atoms with Gasteiger partial charge in [0.25, 0.3) is 0 Å². The van der Waals surface area contributed by atoms with Crippen molar-refractivity contribution in [1.29, 1.82) is 0 Å². The number of rotatable bonds is 11. The van der Waals surface area contributed by atoms with E-state index in [1.807, 2.05) is 6.92 Å². The van der Waals surface area contributed by atoms with Crippen LogP contribution in [0.4, 0.5) is 18.0 Å². The van der Waals surface area contributed by atoms with E-state index in [4.69, 9.17) is 8.92 Å². The Balaban J connectivity index is 2.09. The SMILES string of the molecule is CCCCNC(=O)N(CCOC)Cc1ccc(OS(=O)(=O)c2cccc(C(F)(F)F)c2)cc1. The number of alkyl halides is 3. The summed E-state index contributed by atoms with van der Waals surface area (Å²) in [5.74, 6) is -0.0630. The van der Waals surface area contributed by atoms with Gasteiger partial charge in [-0.05, 0) is 42.3 Å². The molecule has 2 aromatic carbocycles. The van der Waals surface area contributed by atoms with E-state index in [-0.39, 0.29) is 18.3 Å². The van der Waals surface area contributed by atoms with Crippen LogP contribution in [0, 0.1) is 0 Å². The normalized spacial score (nSPS) is 11.8. The standard InChI is InChI=1S/C22H27F3N2O5S/c1-3-4-12-26-21(28)27(13-14-31-2)16-17-8-10-19(11-9-17)32-33(29,30)20-7-5-6-18(15-20)22(23,24)25/h5-11,15H,3-4,12-14,16H2,1-2H3,(H,26,28). The second-order valence-electron chi connectivity index (χ2n) is 7.21. The van der Waals surface area contributed by atoms with E-state index in [9.17, 15) is 26.4 Å². The number of nitrogens with one attached hydrogen (secondary N) is 1. The number of hydrogen-bond donors (Lipinski definition) is 1. The Morgan fingerprint density at radius 1 is 1.12 bits per heavy atom. The maximum atomic E-state index is 12.9. The molecule has 0 spiro atoms. The van der Waals surface area contributed by atoms with Gasteiger partial charge in [0.2, 0.25) is 0 Å². The van der Waals surface area contributed by atoms with Gasteiger partial charge < -0.3 is 19.1 Å². The molecule has 0 saturated carbocycles. The summed E-state index contributed by atoms with van der Waals surface area (Å²) in [5, 5.41) is 2.84. The molecule has 0 aliphatic heterocycles. The van der Waals surface area contributed by atoms with E-state index in [1.165, 1.54) is 19.2 Å². The Hall–Kier alpha value is -2.79. The largest absolute Gasteiger partial charge is 0.416 e. The smallest absolute Gasteiger partial charge is 0.383 e. The third-order valence-corrected chi connectivity index (χ3v) is 5.86. The van der Waals surface area contributed by atoms with Gasteiger partial charge in [-0.2, -0.15) is 21.6 Å². The van der Waals surface area contributed by atoms with Crippen molar-refractivity contribution in [3.63, 3.8) is 0 Å². The lowest BCUT2D eigenvalue weighted by Gasteiger charge is -2.23. The zero-order valence-electron chi connectivity index (χ0n) is 18.4. The van der Waals surface area contributed by atoms with Crippen LogP contribution in [-0.4, -0.2) is 46.2 Å². The van der Waals surface area contributed by atoms with E-state index in [0.717, 1.165) is 31.0 Å². The minimum absolute atomic E-state index is 0.0630. The average Bonchev–Trinajstić information content (AvgIpc) is 2.77. The van der Waals surface area contributed by atoms with E-state index in [1.54, 1.807) is 17.0 Å². The van der Waals surface area contributed by atoms with Gasteiger partial charge in [0, 0.05) is 26.7 Å². The molecule has 0 heterocycles. The van der Waals surface area contributed by atoms with E-state index < -0.39 is 26.8 Å². The Morgan fingerprint density at radius 2 is 1.82 bits per heavy atom. The number of halogens is 3. The van der Waals surface area contributed by atoms with Crippen molar-refractivity contribution >= 4 is 16.1 Å². The van der Waals surface area contributed by atoms with Gasteiger partial charge in [-0.1, -0.05) is 31.5 Å². The van der Waals surface area contributed by atoms with Crippen LogP contribution < -0.4 is 9.50 Å². The molecule has 1 N–H and O–H groups in total. The van der Waals surface area contributed by atoms with E-state index >= 15 is 0 Å². The molecule has 2 aromatic rings. The number of hydrogen-bond acceptors (Lipinski definition) is 5. The van der Waals surface area contributed by atoms with Crippen LogP contribution in [0.2, 0.25) is 0 Å². The third-order valence-electron chi connectivity index (χ3n) is 4.61. The molecule has 0 aliphatic rings. The van der Waals surface area contributed by atoms with Crippen LogP contribution in [-0.2, 0) is 27.6 Å². The van der Waals surface area contributed by atoms with Crippen molar-refractivity contribution in [2.75, 3.05) is 26.8 Å². The van der Waals surface area contributed by atoms with Crippen molar-refractivity contribution in [3.8, 4) is 5.75 Å². The summed E-state index contributed by atoms with van der Waals surface area (Å²) in [6, 6.07) is 9.01. The Kier molecular flexibility index (Phi) is 9.54. The summed E-state index contributed by atoms with van der Waals surface area (Å²) >= 11 is 0. The summed E-state index contributed by atoms with van der Waals surface area (Å²) in [5.41, 5.74) is -0.378. The zero-order chi connectivity index (χ0) is 24.5. The second-order valence-corrected chi connectivity index (χ2v) is 8.75. The summed E-state index contributed by atoms with van der Waals surface area (Å²) < 4.78 is 73.5. The summed E-state index contributed by atoms with van der Waals surface area (Å²) in [6.07, 6.45) is -2.87. The molecule has 0 atom stereocenters. The van der Waals surface area contributed by atoms with Crippen molar-refractivity contribution in [3.05, 3.63) is 59.7 Å². The van der Waals surface area contributed by atoms with Crippen LogP contribution in [0.1, 0.15) is 30.9 Å². The number of carbonyl (C=O) groups excluding carboxylic acids is 1. The average molecular weight is 489 g/mol. The van der Waals surface area contributed by atoms with Gasteiger partial charge in [0.15, 0.2) is 0 Å². The topological polar surface area (TPSA) is 84.9 Å². The van der Waals surface area contributed by atoms with Gasteiger partial charge in [0.1, 0.15) is 10.6 Å². The predicted molar refractivity (Wildman–Crippen MR) is 116 cm³/mol. The Bertz CT molecular complexity index is 1010. The fourth-order valence-corrected chi connectivity index (χ4v) is 3.79. The first-order valence-corrected chi connectivity index (χ1v) is 11.7. The number of amides is 2. The number of nitrogens with zero attached hydrogens (tertiary/aromatic N) is 1. The maximum absolute atomic E-state index is 12.9.